The van der Waals surface area contributed by atoms with Gasteiger partial charge in [0, 0.05) is 17.3 Å². The van der Waals surface area contributed by atoms with Gasteiger partial charge in [0.15, 0.2) is 5.78 Å². The summed E-state index contributed by atoms with van der Waals surface area (Å²) in [7, 11) is 1.51. The molecule has 1 N–H and O–H groups in total. The second-order valence-corrected chi connectivity index (χ2v) is 5.30. The van der Waals surface area contributed by atoms with E-state index in [1.54, 1.807) is 18.2 Å². The standard InChI is InChI=1S/C14H13BrN2O4/c1-8(18)9-3-4-12(21-2)10(5-9)6-17-7-11(15)13(19)16-14(17)20/h3-5,7H,6H2,1-2H3,(H,16,19,20). The molecule has 0 aliphatic rings. The fraction of sp³-hybridized carbons (Fsp3) is 0.214. The maximum Gasteiger partial charge on any atom is 0.328 e. The highest BCUT2D eigenvalue weighted by molar-refractivity contribution is 9.10. The number of carbonyl (C=O) groups is 1. The number of ketones is 1. The fourth-order valence-electron chi connectivity index (χ4n) is 1.90. The number of methoxy groups -OCH3 is 1. The summed E-state index contributed by atoms with van der Waals surface area (Å²) >= 11 is 3.08. The van der Waals surface area contributed by atoms with Gasteiger partial charge in [-0.05, 0) is 41.1 Å². The van der Waals surface area contributed by atoms with Crippen LogP contribution in [0.25, 0.3) is 0 Å². The third kappa shape index (κ3) is 3.30. The number of halogens is 1. The van der Waals surface area contributed by atoms with Crippen molar-refractivity contribution in [1.82, 2.24) is 9.55 Å². The fourth-order valence-corrected chi connectivity index (χ4v) is 2.25. The molecule has 0 saturated heterocycles. The Morgan fingerprint density at radius 2 is 2.10 bits per heavy atom. The van der Waals surface area contributed by atoms with Gasteiger partial charge >= 0.3 is 5.69 Å². The number of aromatic amines is 1. The van der Waals surface area contributed by atoms with Crippen molar-refractivity contribution in [2.75, 3.05) is 7.11 Å². The molecule has 0 unspecified atom stereocenters. The Balaban J connectivity index is 2.50. The average Bonchev–Trinajstić information content (AvgIpc) is 2.44. The van der Waals surface area contributed by atoms with Crippen LogP contribution in [0.2, 0.25) is 0 Å². The lowest BCUT2D eigenvalue weighted by atomic mass is 10.1. The molecular weight excluding hydrogens is 340 g/mol. The highest BCUT2D eigenvalue weighted by atomic mass is 79.9. The van der Waals surface area contributed by atoms with Crippen LogP contribution in [0.15, 0.2) is 38.5 Å². The molecule has 21 heavy (non-hydrogen) atoms. The van der Waals surface area contributed by atoms with E-state index in [1.807, 2.05) is 0 Å². The zero-order chi connectivity index (χ0) is 15.6. The number of rotatable bonds is 4. The first-order valence-corrected chi connectivity index (χ1v) is 6.89. The van der Waals surface area contributed by atoms with Crippen molar-refractivity contribution in [2.24, 2.45) is 0 Å². The van der Waals surface area contributed by atoms with Crippen LogP contribution in [0, 0.1) is 0 Å². The summed E-state index contributed by atoms with van der Waals surface area (Å²) in [5.41, 5.74) is 0.188. The van der Waals surface area contributed by atoms with E-state index >= 15 is 0 Å². The number of nitrogens with zero attached hydrogens (tertiary/aromatic N) is 1. The van der Waals surface area contributed by atoms with E-state index in [0.717, 1.165) is 0 Å². The van der Waals surface area contributed by atoms with Crippen molar-refractivity contribution < 1.29 is 9.53 Å². The molecule has 0 saturated carbocycles. The number of hydrogen-bond acceptors (Lipinski definition) is 4. The number of Topliss-reactive ketones (excluding diaryl/α,β-unsaturated/α-hetero) is 1. The van der Waals surface area contributed by atoms with Crippen molar-refractivity contribution in [3.63, 3.8) is 0 Å². The Bertz CT molecular complexity index is 807. The predicted molar refractivity (Wildman–Crippen MR) is 81.1 cm³/mol. The number of H-pyrrole nitrogens is 1. The minimum absolute atomic E-state index is 0.0751. The Morgan fingerprint density at radius 3 is 2.71 bits per heavy atom. The van der Waals surface area contributed by atoms with E-state index in [2.05, 4.69) is 20.9 Å². The number of hydrogen-bond donors (Lipinski definition) is 1. The van der Waals surface area contributed by atoms with Crippen LogP contribution in [0.1, 0.15) is 22.8 Å². The van der Waals surface area contributed by atoms with Crippen molar-refractivity contribution in [3.8, 4) is 5.75 Å². The zero-order valence-electron chi connectivity index (χ0n) is 11.5. The molecule has 0 spiro atoms. The molecule has 0 bridgehead atoms. The van der Waals surface area contributed by atoms with Gasteiger partial charge in [-0.3, -0.25) is 19.1 Å². The van der Waals surface area contributed by atoms with Gasteiger partial charge in [-0.2, -0.15) is 0 Å². The van der Waals surface area contributed by atoms with Crippen molar-refractivity contribution in [2.45, 2.75) is 13.5 Å². The lowest BCUT2D eigenvalue weighted by Gasteiger charge is -2.11. The summed E-state index contributed by atoms with van der Waals surface area (Å²) in [5.74, 6) is 0.489. The van der Waals surface area contributed by atoms with E-state index in [9.17, 15) is 14.4 Å². The summed E-state index contributed by atoms with van der Waals surface area (Å²) in [4.78, 5) is 36.8. The number of ether oxygens (including phenoxy) is 1. The van der Waals surface area contributed by atoms with Crippen LogP contribution in [0.4, 0.5) is 0 Å². The minimum atomic E-state index is -0.529. The second kappa shape index (κ2) is 6.09. The quantitative estimate of drug-likeness (QED) is 0.846. The largest absolute Gasteiger partial charge is 0.496 e. The summed E-state index contributed by atoms with van der Waals surface area (Å²) in [6.07, 6.45) is 1.40. The normalized spacial score (nSPS) is 10.4. The van der Waals surface area contributed by atoms with Crippen LogP contribution >= 0.6 is 15.9 Å². The number of aromatic nitrogens is 2. The molecule has 110 valence electrons. The van der Waals surface area contributed by atoms with Gasteiger partial charge in [-0.25, -0.2) is 4.79 Å². The summed E-state index contributed by atoms with van der Waals surface area (Å²) < 4.78 is 6.82. The van der Waals surface area contributed by atoms with Gasteiger partial charge in [0.05, 0.1) is 18.1 Å². The molecule has 0 fully saturated rings. The summed E-state index contributed by atoms with van der Waals surface area (Å²) in [6, 6.07) is 5.01. The summed E-state index contributed by atoms with van der Waals surface area (Å²) in [6.45, 7) is 1.65. The number of nitrogens with one attached hydrogen (secondary N) is 1. The van der Waals surface area contributed by atoms with Gasteiger partial charge in [-0.1, -0.05) is 0 Å². The Labute approximate surface area is 128 Å². The van der Waals surface area contributed by atoms with Gasteiger partial charge in [0.1, 0.15) is 5.75 Å². The zero-order valence-corrected chi connectivity index (χ0v) is 13.1. The molecule has 0 aliphatic heterocycles. The van der Waals surface area contributed by atoms with Gasteiger partial charge in [-0.15, -0.1) is 0 Å². The van der Waals surface area contributed by atoms with Crippen molar-refractivity contribution >= 4 is 21.7 Å². The Hall–Kier alpha value is -2.15. The molecule has 0 atom stereocenters. The molecule has 0 radical (unpaired) electrons. The highest BCUT2D eigenvalue weighted by Crippen LogP contribution is 2.21. The molecule has 2 rings (SSSR count). The molecule has 1 aromatic heterocycles. The van der Waals surface area contributed by atoms with Gasteiger partial charge in [0.25, 0.3) is 5.56 Å². The topological polar surface area (TPSA) is 81.2 Å². The van der Waals surface area contributed by atoms with E-state index in [0.29, 0.717) is 16.9 Å². The molecule has 0 amide bonds. The third-order valence-corrected chi connectivity index (χ3v) is 3.56. The maximum absolute atomic E-state index is 11.8. The molecule has 1 aromatic carbocycles. The highest BCUT2D eigenvalue weighted by Gasteiger charge is 2.10. The van der Waals surface area contributed by atoms with E-state index in [1.165, 1.54) is 24.8 Å². The van der Waals surface area contributed by atoms with Crippen molar-refractivity contribution in [1.29, 1.82) is 0 Å². The predicted octanol–water partition coefficient (Wildman–Crippen LogP) is 1.56. The Morgan fingerprint density at radius 1 is 1.38 bits per heavy atom. The van der Waals surface area contributed by atoms with Gasteiger partial charge in [0.2, 0.25) is 0 Å². The van der Waals surface area contributed by atoms with Crippen LogP contribution in [0.5, 0.6) is 5.75 Å². The first-order valence-electron chi connectivity index (χ1n) is 6.09. The van der Waals surface area contributed by atoms with E-state index < -0.39 is 11.2 Å². The summed E-state index contributed by atoms with van der Waals surface area (Å²) in [5, 5.41) is 0. The van der Waals surface area contributed by atoms with E-state index in [-0.39, 0.29) is 16.8 Å². The monoisotopic (exact) mass is 352 g/mol. The average molecular weight is 353 g/mol. The molecule has 2 aromatic rings. The van der Waals surface area contributed by atoms with Crippen LogP contribution in [0.3, 0.4) is 0 Å². The molecule has 0 aliphatic carbocycles. The molecule has 7 heteroatoms. The lowest BCUT2D eigenvalue weighted by Crippen LogP contribution is -2.30. The van der Waals surface area contributed by atoms with Gasteiger partial charge < -0.3 is 4.74 Å². The van der Waals surface area contributed by atoms with Crippen molar-refractivity contribution in [3.05, 3.63) is 60.8 Å². The Kier molecular flexibility index (Phi) is 4.42. The number of benzene rings is 1. The van der Waals surface area contributed by atoms with Crippen LogP contribution in [-0.4, -0.2) is 22.4 Å². The first kappa shape index (κ1) is 15.2. The second-order valence-electron chi connectivity index (χ2n) is 4.45. The smallest absolute Gasteiger partial charge is 0.328 e. The minimum Gasteiger partial charge on any atom is -0.496 e. The molecule has 1 heterocycles. The maximum atomic E-state index is 11.8. The molecule has 6 nitrogen and oxygen atoms in total. The first-order chi connectivity index (χ1) is 9.92. The third-order valence-electron chi connectivity index (χ3n) is 3.00. The molecular formula is C14H13BrN2O4. The SMILES string of the molecule is COc1ccc(C(C)=O)cc1Cn1cc(Br)c(=O)[nH]c1=O. The number of carbonyl (C=O) groups excluding carboxylic acids is 1. The van der Waals surface area contributed by atoms with Crippen LogP contribution < -0.4 is 16.0 Å². The van der Waals surface area contributed by atoms with Crippen LogP contribution in [-0.2, 0) is 6.54 Å². The van der Waals surface area contributed by atoms with E-state index in [4.69, 9.17) is 4.74 Å². The lowest BCUT2D eigenvalue weighted by molar-refractivity contribution is 0.101.